The van der Waals surface area contributed by atoms with Gasteiger partial charge in [0.2, 0.25) is 0 Å². The van der Waals surface area contributed by atoms with Gasteiger partial charge < -0.3 is 4.98 Å². The zero-order valence-corrected chi connectivity index (χ0v) is 15.8. The maximum Gasteiger partial charge on any atom is 0.260 e. The van der Waals surface area contributed by atoms with Crippen LogP contribution in [-0.2, 0) is 0 Å². The van der Waals surface area contributed by atoms with E-state index in [1.165, 1.54) is 11.3 Å². The number of thiophene rings is 2. The molecule has 0 amide bonds. The largest absolute Gasteiger partial charge is 0.305 e. The molecule has 0 saturated carbocycles. The predicted molar refractivity (Wildman–Crippen MR) is 109 cm³/mol. The molecule has 0 fully saturated rings. The van der Waals surface area contributed by atoms with Crippen LogP contribution in [0.5, 0.6) is 0 Å². The van der Waals surface area contributed by atoms with Gasteiger partial charge in [-0.05, 0) is 35.2 Å². The number of nitrogens with one attached hydrogen (secondary N) is 1. The molecule has 0 aliphatic heterocycles. The molecule has 4 aromatic rings. The summed E-state index contributed by atoms with van der Waals surface area (Å²) in [6, 6.07) is 11.2. The van der Waals surface area contributed by atoms with Crippen LogP contribution in [0.25, 0.3) is 31.8 Å². The molecule has 0 atom stereocenters. The van der Waals surface area contributed by atoms with Crippen LogP contribution in [-0.4, -0.2) is 9.97 Å². The Hall–Kier alpha value is -1.92. The normalized spacial score (nSPS) is 12.0. The van der Waals surface area contributed by atoms with Crippen molar-refractivity contribution >= 4 is 67.2 Å². The second-order valence-electron chi connectivity index (χ2n) is 5.27. The van der Waals surface area contributed by atoms with Crippen LogP contribution in [0.4, 0.5) is 0 Å². The topological polar surface area (TPSA) is 45.8 Å². The van der Waals surface area contributed by atoms with Crippen LogP contribution < -0.4 is 5.56 Å². The highest BCUT2D eigenvalue weighted by Crippen LogP contribution is 2.34. The highest BCUT2D eigenvalue weighted by molar-refractivity contribution is 7.18. The maximum atomic E-state index is 12.6. The van der Waals surface area contributed by atoms with E-state index in [0.29, 0.717) is 26.1 Å². The van der Waals surface area contributed by atoms with Gasteiger partial charge >= 0.3 is 0 Å². The molecular formula is C18H10Cl2N2OS2. The fraction of sp³-hybridized carbons (Fsp3) is 0. The molecule has 3 heterocycles. The Labute approximate surface area is 161 Å². The van der Waals surface area contributed by atoms with E-state index in [1.807, 2.05) is 35.0 Å². The molecule has 4 rings (SSSR count). The third-order valence-electron chi connectivity index (χ3n) is 3.62. The van der Waals surface area contributed by atoms with E-state index in [2.05, 4.69) is 9.97 Å². The van der Waals surface area contributed by atoms with Gasteiger partial charge in [0.1, 0.15) is 4.83 Å². The first kappa shape index (κ1) is 16.5. The van der Waals surface area contributed by atoms with Gasteiger partial charge in [-0.3, -0.25) is 4.79 Å². The Bertz CT molecular complexity index is 1130. The van der Waals surface area contributed by atoms with Crippen molar-refractivity contribution in [3.05, 3.63) is 73.9 Å². The Kier molecular flexibility index (Phi) is 4.48. The van der Waals surface area contributed by atoms with E-state index < -0.39 is 0 Å². The summed E-state index contributed by atoms with van der Waals surface area (Å²) in [7, 11) is 0. The minimum absolute atomic E-state index is 0.188. The summed E-state index contributed by atoms with van der Waals surface area (Å²) >= 11 is 15.3. The van der Waals surface area contributed by atoms with Crippen molar-refractivity contribution in [2.24, 2.45) is 0 Å². The number of fused-ring (bicyclic) bond motifs is 1. The first-order valence-corrected chi connectivity index (χ1v) is 9.82. The highest BCUT2D eigenvalue weighted by Gasteiger charge is 2.14. The van der Waals surface area contributed by atoms with Gasteiger partial charge in [-0.1, -0.05) is 41.4 Å². The Morgan fingerprint density at radius 2 is 1.96 bits per heavy atom. The minimum atomic E-state index is -0.188. The summed E-state index contributed by atoms with van der Waals surface area (Å²) in [6.45, 7) is 0. The highest BCUT2D eigenvalue weighted by atomic mass is 35.5. The molecule has 3 nitrogen and oxygen atoms in total. The zero-order chi connectivity index (χ0) is 17.4. The van der Waals surface area contributed by atoms with Gasteiger partial charge in [0.05, 0.1) is 10.4 Å². The molecule has 1 aromatic carbocycles. The second-order valence-corrected chi connectivity index (χ2v) is 7.91. The van der Waals surface area contributed by atoms with E-state index >= 15 is 0 Å². The van der Waals surface area contributed by atoms with Crippen molar-refractivity contribution < 1.29 is 0 Å². The Morgan fingerprint density at radius 1 is 1.16 bits per heavy atom. The number of halogens is 2. The number of H-pyrrole nitrogens is 1. The third kappa shape index (κ3) is 3.28. The molecule has 0 saturated heterocycles. The smallest absolute Gasteiger partial charge is 0.260 e. The molecule has 7 heteroatoms. The zero-order valence-electron chi connectivity index (χ0n) is 12.6. The van der Waals surface area contributed by atoms with Gasteiger partial charge in [-0.2, -0.15) is 0 Å². The summed E-state index contributed by atoms with van der Waals surface area (Å²) in [5.41, 5.74) is 1.60. The molecule has 0 aliphatic rings. The fourth-order valence-corrected chi connectivity index (χ4v) is 4.55. The summed E-state index contributed by atoms with van der Waals surface area (Å²) in [5.74, 6) is 0.355. The van der Waals surface area contributed by atoms with E-state index in [0.717, 1.165) is 16.0 Å². The van der Waals surface area contributed by atoms with Crippen molar-refractivity contribution in [1.29, 1.82) is 0 Å². The lowest BCUT2D eigenvalue weighted by Gasteiger charge is -2.01. The molecule has 3 aromatic heterocycles. The van der Waals surface area contributed by atoms with E-state index in [-0.39, 0.29) is 5.56 Å². The summed E-state index contributed by atoms with van der Waals surface area (Å²) in [4.78, 5) is 21.6. The lowest BCUT2D eigenvalue weighted by molar-refractivity contribution is 1.14. The summed E-state index contributed by atoms with van der Waals surface area (Å²) < 4.78 is 0. The lowest BCUT2D eigenvalue weighted by Crippen LogP contribution is -2.10. The van der Waals surface area contributed by atoms with Crippen LogP contribution >= 0.6 is 45.9 Å². The van der Waals surface area contributed by atoms with Gasteiger partial charge in [-0.15, -0.1) is 22.7 Å². The molecule has 0 bridgehead atoms. The average molecular weight is 405 g/mol. The molecule has 0 unspecified atom stereocenters. The van der Waals surface area contributed by atoms with Gasteiger partial charge in [0.15, 0.2) is 5.82 Å². The predicted octanol–water partition coefficient (Wildman–Crippen LogP) is 6.10. The molecular weight excluding hydrogens is 395 g/mol. The number of hydrogen-bond donors (Lipinski definition) is 1. The van der Waals surface area contributed by atoms with E-state index in [1.54, 1.807) is 29.5 Å². The van der Waals surface area contributed by atoms with Gasteiger partial charge in [0, 0.05) is 20.8 Å². The molecule has 0 radical (unpaired) electrons. The number of aromatic amines is 1. The van der Waals surface area contributed by atoms with E-state index in [9.17, 15) is 4.79 Å². The summed E-state index contributed by atoms with van der Waals surface area (Å²) in [5, 5.41) is 5.57. The van der Waals surface area contributed by atoms with Gasteiger partial charge in [0.25, 0.3) is 5.56 Å². The molecule has 0 aliphatic carbocycles. The lowest BCUT2D eigenvalue weighted by atomic mass is 10.2. The average Bonchev–Trinajstić information content (AvgIpc) is 3.25. The Balaban J connectivity index is 1.79. The summed E-state index contributed by atoms with van der Waals surface area (Å²) in [6.07, 6.45) is 1.75. The van der Waals surface area contributed by atoms with Crippen molar-refractivity contribution in [3.63, 3.8) is 0 Å². The second kappa shape index (κ2) is 6.77. The molecule has 25 heavy (non-hydrogen) atoms. The van der Waals surface area contributed by atoms with Gasteiger partial charge in [-0.25, -0.2) is 4.98 Å². The SMILES string of the molecule is O=c1[nH]c(/C(Cl)=C\c2ccc(Cl)cc2)nc2scc(-c3cccs3)c12. The molecule has 0 spiro atoms. The number of hydrogen-bond acceptors (Lipinski definition) is 4. The molecule has 1 N–H and O–H groups in total. The van der Waals surface area contributed by atoms with Crippen LogP contribution in [0, 0.1) is 0 Å². The fourth-order valence-electron chi connectivity index (χ4n) is 2.45. The molecule has 124 valence electrons. The Morgan fingerprint density at radius 3 is 2.68 bits per heavy atom. The standard InChI is InChI=1S/C18H10Cl2N2OS2/c19-11-5-3-10(4-6-11)8-13(20)16-21-17(23)15-12(9-25-18(15)22-16)14-2-1-7-24-14/h1-9H,(H,21,22,23)/b13-8+. The van der Waals surface area contributed by atoms with Crippen molar-refractivity contribution in [2.45, 2.75) is 0 Å². The van der Waals surface area contributed by atoms with E-state index in [4.69, 9.17) is 23.2 Å². The van der Waals surface area contributed by atoms with Crippen molar-refractivity contribution in [2.75, 3.05) is 0 Å². The first-order chi connectivity index (χ1) is 12.1. The quantitative estimate of drug-likeness (QED) is 0.447. The first-order valence-electron chi connectivity index (χ1n) is 7.30. The minimum Gasteiger partial charge on any atom is -0.305 e. The van der Waals surface area contributed by atoms with Crippen molar-refractivity contribution in [3.8, 4) is 10.4 Å². The monoisotopic (exact) mass is 404 g/mol. The van der Waals surface area contributed by atoms with Crippen LogP contribution in [0.15, 0.2) is 52.0 Å². The van der Waals surface area contributed by atoms with Crippen molar-refractivity contribution in [1.82, 2.24) is 9.97 Å². The number of aromatic nitrogens is 2. The number of rotatable bonds is 3. The van der Waals surface area contributed by atoms with Crippen LogP contribution in [0.2, 0.25) is 5.02 Å². The maximum absolute atomic E-state index is 12.6. The van der Waals surface area contributed by atoms with Crippen LogP contribution in [0.3, 0.4) is 0 Å². The number of benzene rings is 1. The van der Waals surface area contributed by atoms with Crippen LogP contribution in [0.1, 0.15) is 11.4 Å². The third-order valence-corrected chi connectivity index (χ3v) is 5.94. The number of nitrogens with zero attached hydrogens (tertiary/aromatic N) is 1.